The molecule has 7 heteroatoms. The van der Waals surface area contributed by atoms with Crippen LogP contribution in [0.4, 0.5) is 0 Å². The summed E-state index contributed by atoms with van der Waals surface area (Å²) in [6.07, 6.45) is 0.921. The fourth-order valence-electron chi connectivity index (χ4n) is 2.93. The molecular formula is C21H24N2O4S. The summed E-state index contributed by atoms with van der Waals surface area (Å²) in [4.78, 5) is 17.7. The number of carbonyl (C=O) groups is 1. The maximum Gasteiger partial charge on any atom is 0.279 e. The summed E-state index contributed by atoms with van der Waals surface area (Å²) in [5.41, 5.74) is 1.50. The van der Waals surface area contributed by atoms with Crippen LogP contribution < -0.4 is 19.0 Å². The molecule has 0 unspecified atom stereocenters. The van der Waals surface area contributed by atoms with Crippen molar-refractivity contribution in [1.29, 1.82) is 0 Å². The van der Waals surface area contributed by atoms with Gasteiger partial charge >= 0.3 is 0 Å². The molecule has 0 bridgehead atoms. The van der Waals surface area contributed by atoms with Crippen molar-refractivity contribution in [2.24, 2.45) is 4.99 Å². The largest absolute Gasteiger partial charge is 0.494 e. The van der Waals surface area contributed by atoms with Crippen molar-refractivity contribution in [2.75, 3.05) is 20.8 Å². The fraction of sp³-hybridized carbons (Fsp3) is 0.333. The maximum atomic E-state index is 12.7. The van der Waals surface area contributed by atoms with Crippen LogP contribution in [0.3, 0.4) is 0 Å². The zero-order chi connectivity index (χ0) is 20.1. The molecule has 0 N–H and O–H groups in total. The molecule has 3 aromatic rings. The van der Waals surface area contributed by atoms with Crippen LogP contribution in [0.5, 0.6) is 17.2 Å². The summed E-state index contributed by atoms with van der Waals surface area (Å²) >= 11 is 1.46. The van der Waals surface area contributed by atoms with Crippen molar-refractivity contribution in [3.63, 3.8) is 0 Å². The highest BCUT2D eigenvalue weighted by atomic mass is 32.1. The molecule has 1 aromatic heterocycles. The number of amides is 1. The van der Waals surface area contributed by atoms with E-state index in [9.17, 15) is 4.79 Å². The predicted molar refractivity (Wildman–Crippen MR) is 111 cm³/mol. The molecule has 0 aliphatic rings. The van der Waals surface area contributed by atoms with Gasteiger partial charge in [-0.05, 0) is 37.6 Å². The van der Waals surface area contributed by atoms with Crippen molar-refractivity contribution < 1.29 is 19.0 Å². The maximum absolute atomic E-state index is 12.7. The second kappa shape index (κ2) is 8.93. The summed E-state index contributed by atoms with van der Waals surface area (Å²) in [7, 11) is 3.22. The van der Waals surface area contributed by atoms with E-state index in [0.717, 1.165) is 28.9 Å². The van der Waals surface area contributed by atoms with Crippen molar-refractivity contribution in [2.45, 2.75) is 26.8 Å². The molecule has 28 heavy (non-hydrogen) atoms. The number of thiazole rings is 1. The van der Waals surface area contributed by atoms with Crippen LogP contribution in [-0.2, 0) is 6.54 Å². The minimum atomic E-state index is -0.279. The Bertz CT molecular complexity index is 1030. The Morgan fingerprint density at radius 3 is 2.36 bits per heavy atom. The van der Waals surface area contributed by atoms with Crippen LogP contribution in [0.2, 0.25) is 0 Å². The van der Waals surface area contributed by atoms with E-state index in [4.69, 9.17) is 14.2 Å². The average Bonchev–Trinajstić information content (AvgIpc) is 3.04. The van der Waals surface area contributed by atoms with Crippen molar-refractivity contribution in [3.05, 3.63) is 46.8 Å². The Labute approximate surface area is 168 Å². The van der Waals surface area contributed by atoms with Gasteiger partial charge in [-0.15, -0.1) is 0 Å². The van der Waals surface area contributed by atoms with E-state index in [2.05, 4.69) is 16.5 Å². The molecule has 2 aromatic carbocycles. The Morgan fingerprint density at radius 2 is 1.75 bits per heavy atom. The fourth-order valence-corrected chi connectivity index (χ4v) is 4.00. The molecule has 3 rings (SSSR count). The molecule has 1 heterocycles. The summed E-state index contributed by atoms with van der Waals surface area (Å²) in [6.45, 7) is 5.36. The molecule has 6 nitrogen and oxygen atoms in total. The van der Waals surface area contributed by atoms with E-state index >= 15 is 0 Å². The third kappa shape index (κ3) is 4.04. The number of ether oxygens (including phenoxy) is 3. The smallest absolute Gasteiger partial charge is 0.279 e. The van der Waals surface area contributed by atoms with Gasteiger partial charge in [0.2, 0.25) is 0 Å². The van der Waals surface area contributed by atoms with Crippen LogP contribution in [0.25, 0.3) is 10.2 Å². The van der Waals surface area contributed by atoms with Gasteiger partial charge in [-0.1, -0.05) is 18.3 Å². The number of hydrogen-bond acceptors (Lipinski definition) is 5. The van der Waals surface area contributed by atoms with Crippen molar-refractivity contribution >= 4 is 27.5 Å². The third-order valence-corrected chi connectivity index (χ3v) is 5.29. The first-order valence-electron chi connectivity index (χ1n) is 9.18. The Kier molecular flexibility index (Phi) is 6.36. The lowest BCUT2D eigenvalue weighted by Gasteiger charge is -2.08. The first-order chi connectivity index (χ1) is 13.6. The van der Waals surface area contributed by atoms with E-state index < -0.39 is 0 Å². The number of methoxy groups -OCH3 is 2. The highest BCUT2D eigenvalue weighted by Gasteiger charge is 2.13. The quantitative estimate of drug-likeness (QED) is 0.594. The molecule has 148 valence electrons. The second-order valence-corrected chi connectivity index (χ2v) is 7.09. The number of aryl methyl sites for hydroxylation is 1. The normalized spacial score (nSPS) is 11.6. The molecule has 0 spiro atoms. The molecule has 0 fully saturated rings. The SMILES string of the molecule is CCCn1c(=NC(=O)c2ccc(OCC)cc2)sc2cc(OC)c(OC)cc21. The number of nitrogens with zero attached hydrogens (tertiary/aromatic N) is 2. The summed E-state index contributed by atoms with van der Waals surface area (Å²) < 4.78 is 19.3. The lowest BCUT2D eigenvalue weighted by atomic mass is 10.2. The standard InChI is InChI=1S/C21H24N2O4S/c1-5-11-23-16-12-17(25-3)18(26-4)13-19(16)28-21(23)22-20(24)14-7-9-15(10-8-14)27-6-2/h7-10,12-13H,5-6,11H2,1-4H3. The Balaban J connectivity index is 2.07. The lowest BCUT2D eigenvalue weighted by molar-refractivity contribution is 0.0998. The third-order valence-electron chi connectivity index (χ3n) is 4.24. The van der Waals surface area contributed by atoms with Gasteiger partial charge in [0.1, 0.15) is 5.75 Å². The Morgan fingerprint density at radius 1 is 1.07 bits per heavy atom. The topological polar surface area (TPSA) is 62.1 Å². The van der Waals surface area contributed by atoms with E-state index in [0.29, 0.717) is 28.5 Å². The van der Waals surface area contributed by atoms with Gasteiger partial charge in [0.05, 0.1) is 31.0 Å². The van der Waals surface area contributed by atoms with Gasteiger partial charge in [0.25, 0.3) is 5.91 Å². The van der Waals surface area contributed by atoms with Crippen LogP contribution in [-0.4, -0.2) is 31.3 Å². The summed E-state index contributed by atoms with van der Waals surface area (Å²) in [6, 6.07) is 10.9. The average molecular weight is 401 g/mol. The summed E-state index contributed by atoms with van der Waals surface area (Å²) in [5.74, 6) is 1.77. The van der Waals surface area contributed by atoms with Crippen LogP contribution in [0, 0.1) is 0 Å². The van der Waals surface area contributed by atoms with Gasteiger partial charge in [0, 0.05) is 24.2 Å². The lowest BCUT2D eigenvalue weighted by Crippen LogP contribution is -2.16. The highest BCUT2D eigenvalue weighted by Crippen LogP contribution is 2.33. The second-order valence-electron chi connectivity index (χ2n) is 6.09. The van der Waals surface area contributed by atoms with Gasteiger partial charge in [-0.2, -0.15) is 4.99 Å². The van der Waals surface area contributed by atoms with Crippen molar-refractivity contribution in [3.8, 4) is 17.2 Å². The van der Waals surface area contributed by atoms with Gasteiger partial charge in [-0.3, -0.25) is 4.79 Å². The molecule has 0 aliphatic carbocycles. The van der Waals surface area contributed by atoms with E-state index in [-0.39, 0.29) is 5.91 Å². The molecule has 0 aliphatic heterocycles. The zero-order valence-corrected chi connectivity index (χ0v) is 17.3. The predicted octanol–water partition coefficient (Wildman–Crippen LogP) is 4.27. The van der Waals surface area contributed by atoms with E-state index in [1.54, 1.807) is 38.5 Å². The minimum Gasteiger partial charge on any atom is -0.494 e. The monoisotopic (exact) mass is 400 g/mol. The van der Waals surface area contributed by atoms with E-state index in [1.165, 1.54) is 11.3 Å². The van der Waals surface area contributed by atoms with Crippen LogP contribution in [0.15, 0.2) is 41.4 Å². The highest BCUT2D eigenvalue weighted by molar-refractivity contribution is 7.16. The zero-order valence-electron chi connectivity index (χ0n) is 16.5. The molecule has 0 saturated carbocycles. The van der Waals surface area contributed by atoms with Crippen LogP contribution >= 0.6 is 11.3 Å². The number of rotatable bonds is 7. The molecule has 1 amide bonds. The molecule has 0 radical (unpaired) electrons. The van der Waals surface area contributed by atoms with Gasteiger partial charge in [-0.25, -0.2) is 0 Å². The first-order valence-corrected chi connectivity index (χ1v) is 10.00. The molecule has 0 atom stereocenters. The molecular weight excluding hydrogens is 376 g/mol. The Hall–Kier alpha value is -2.80. The minimum absolute atomic E-state index is 0.279. The molecule has 0 saturated heterocycles. The number of fused-ring (bicyclic) bond motifs is 1. The number of carbonyl (C=O) groups excluding carboxylic acids is 1. The van der Waals surface area contributed by atoms with Gasteiger partial charge in [0.15, 0.2) is 16.3 Å². The van der Waals surface area contributed by atoms with Gasteiger partial charge < -0.3 is 18.8 Å². The van der Waals surface area contributed by atoms with Crippen LogP contribution in [0.1, 0.15) is 30.6 Å². The van der Waals surface area contributed by atoms with Crippen molar-refractivity contribution in [1.82, 2.24) is 4.57 Å². The number of benzene rings is 2. The van der Waals surface area contributed by atoms with E-state index in [1.807, 2.05) is 19.1 Å². The first kappa shape index (κ1) is 19.9. The number of hydrogen-bond donors (Lipinski definition) is 0. The summed E-state index contributed by atoms with van der Waals surface area (Å²) in [5, 5.41) is 0. The number of aromatic nitrogens is 1.